The van der Waals surface area contributed by atoms with E-state index in [9.17, 15) is 22.8 Å². The molecule has 2 amide bonds. The van der Waals surface area contributed by atoms with Crippen LogP contribution in [0.3, 0.4) is 0 Å². The van der Waals surface area contributed by atoms with Crippen molar-refractivity contribution < 1.29 is 22.8 Å². The predicted molar refractivity (Wildman–Crippen MR) is 135 cm³/mol. The maximum absolute atomic E-state index is 13.0. The number of anilines is 2. The molecule has 1 aliphatic rings. The van der Waals surface area contributed by atoms with Gasteiger partial charge in [-0.2, -0.15) is 13.2 Å². The number of carbonyl (C=O) groups excluding carboxylic acids is 2. The number of pyridine rings is 1. The standard InChI is InChI=1S/C25H21ClF3N7O2/c26-18-11-32-22(30)21-20(34-23(36(18)21)16-2-1-9-35(12-16)13-37)14-3-5-15(6-4-14)24(38)33-19-10-17(7-8-31-19)25(27,28)29/h3-8,10-11,13,16H,1-2,9,12H2,(H2,30,32)(H,31,33,38)/t16-/m1/s1. The minimum Gasteiger partial charge on any atom is -0.382 e. The van der Waals surface area contributed by atoms with E-state index < -0.39 is 17.6 Å². The minimum atomic E-state index is -4.56. The lowest BCUT2D eigenvalue weighted by atomic mass is 9.97. The number of hydrogen-bond acceptors (Lipinski definition) is 6. The van der Waals surface area contributed by atoms with Crippen LogP contribution in [0.2, 0.25) is 5.15 Å². The number of nitrogen functional groups attached to an aromatic ring is 1. The van der Waals surface area contributed by atoms with Crippen LogP contribution in [0.1, 0.15) is 40.5 Å². The molecule has 4 aromatic rings. The van der Waals surface area contributed by atoms with Crippen LogP contribution in [0.5, 0.6) is 0 Å². The van der Waals surface area contributed by atoms with E-state index in [1.54, 1.807) is 21.4 Å². The van der Waals surface area contributed by atoms with Crippen molar-refractivity contribution in [1.82, 2.24) is 24.3 Å². The topological polar surface area (TPSA) is 119 Å². The summed E-state index contributed by atoms with van der Waals surface area (Å²) in [5.41, 5.74) is 7.13. The fraction of sp³-hybridized carbons (Fsp3) is 0.240. The molecule has 0 spiro atoms. The van der Waals surface area contributed by atoms with E-state index in [1.165, 1.54) is 18.3 Å². The summed E-state index contributed by atoms with van der Waals surface area (Å²) in [6, 6.07) is 7.93. The summed E-state index contributed by atoms with van der Waals surface area (Å²) < 4.78 is 40.6. The molecule has 5 rings (SSSR count). The van der Waals surface area contributed by atoms with Crippen molar-refractivity contribution in [2.45, 2.75) is 24.9 Å². The minimum absolute atomic E-state index is 0.0699. The Morgan fingerprint density at radius 1 is 1.18 bits per heavy atom. The first kappa shape index (κ1) is 25.5. The van der Waals surface area contributed by atoms with Gasteiger partial charge < -0.3 is 16.0 Å². The summed E-state index contributed by atoms with van der Waals surface area (Å²) in [5, 5.41) is 2.70. The summed E-state index contributed by atoms with van der Waals surface area (Å²) in [5.74, 6) is -0.0515. The summed E-state index contributed by atoms with van der Waals surface area (Å²) in [7, 11) is 0. The Bertz CT molecular complexity index is 1520. The number of piperidine rings is 1. The van der Waals surface area contributed by atoms with Gasteiger partial charge in [-0.1, -0.05) is 23.7 Å². The fourth-order valence-electron chi connectivity index (χ4n) is 4.56. The van der Waals surface area contributed by atoms with E-state index in [0.29, 0.717) is 40.8 Å². The van der Waals surface area contributed by atoms with E-state index in [-0.39, 0.29) is 23.1 Å². The van der Waals surface area contributed by atoms with Crippen LogP contribution in [-0.4, -0.2) is 49.7 Å². The van der Waals surface area contributed by atoms with Gasteiger partial charge >= 0.3 is 6.18 Å². The number of nitrogens with two attached hydrogens (primary N) is 1. The number of amides is 2. The molecule has 1 atom stereocenters. The van der Waals surface area contributed by atoms with Crippen molar-refractivity contribution in [2.75, 3.05) is 24.1 Å². The molecule has 3 aromatic heterocycles. The lowest BCUT2D eigenvalue weighted by Crippen LogP contribution is -2.33. The van der Waals surface area contributed by atoms with E-state index in [4.69, 9.17) is 22.3 Å². The zero-order valence-corrected chi connectivity index (χ0v) is 20.5. The van der Waals surface area contributed by atoms with Crippen LogP contribution in [0.15, 0.2) is 48.8 Å². The Hall–Kier alpha value is -4.19. The SMILES string of the molecule is Nc1ncc(Cl)n2c([C@@H]3CCCN(C=O)C3)nc(-c3ccc(C(=O)Nc4cc(C(F)(F)F)ccn4)cc3)c12. The highest BCUT2D eigenvalue weighted by molar-refractivity contribution is 6.30. The molecule has 4 heterocycles. The van der Waals surface area contributed by atoms with Crippen molar-refractivity contribution in [1.29, 1.82) is 0 Å². The quantitative estimate of drug-likeness (QED) is 0.354. The zero-order chi connectivity index (χ0) is 27.0. The monoisotopic (exact) mass is 543 g/mol. The van der Waals surface area contributed by atoms with Crippen molar-refractivity contribution in [2.24, 2.45) is 0 Å². The number of rotatable bonds is 5. The highest BCUT2D eigenvalue weighted by atomic mass is 35.5. The third-order valence-electron chi connectivity index (χ3n) is 6.39. The number of nitrogens with one attached hydrogen (secondary N) is 1. The van der Waals surface area contributed by atoms with Crippen molar-refractivity contribution >= 4 is 41.1 Å². The van der Waals surface area contributed by atoms with Gasteiger partial charge in [0.15, 0.2) is 0 Å². The fourth-order valence-corrected chi connectivity index (χ4v) is 4.78. The number of aromatic nitrogens is 4. The molecule has 0 radical (unpaired) electrons. The van der Waals surface area contributed by atoms with Crippen LogP contribution in [0, 0.1) is 0 Å². The second-order valence-corrected chi connectivity index (χ2v) is 9.25. The first-order valence-corrected chi connectivity index (χ1v) is 12.0. The molecule has 1 aromatic carbocycles. The molecule has 1 fully saturated rings. The molecule has 0 bridgehead atoms. The second-order valence-electron chi connectivity index (χ2n) is 8.87. The molecule has 0 saturated carbocycles. The molecule has 0 unspecified atom stereocenters. The highest BCUT2D eigenvalue weighted by Gasteiger charge is 2.31. The zero-order valence-electron chi connectivity index (χ0n) is 19.7. The van der Waals surface area contributed by atoms with Crippen molar-refractivity contribution in [3.05, 3.63) is 70.9 Å². The Morgan fingerprint density at radius 3 is 2.66 bits per heavy atom. The molecule has 9 nitrogen and oxygen atoms in total. The van der Waals surface area contributed by atoms with Gasteiger partial charge in [-0.05, 0) is 37.1 Å². The normalized spacial score (nSPS) is 16.0. The van der Waals surface area contributed by atoms with E-state index in [0.717, 1.165) is 37.6 Å². The Morgan fingerprint density at radius 2 is 1.95 bits per heavy atom. The number of imidazole rings is 1. The van der Waals surface area contributed by atoms with E-state index in [2.05, 4.69) is 15.3 Å². The maximum atomic E-state index is 13.0. The van der Waals surface area contributed by atoms with Gasteiger partial charge in [0.05, 0.1) is 11.8 Å². The van der Waals surface area contributed by atoms with Gasteiger partial charge in [-0.25, -0.2) is 15.0 Å². The lowest BCUT2D eigenvalue weighted by Gasteiger charge is -2.29. The third kappa shape index (κ3) is 4.86. The number of carbonyl (C=O) groups is 2. The number of benzene rings is 1. The second kappa shape index (κ2) is 9.93. The smallest absolute Gasteiger partial charge is 0.382 e. The number of likely N-dealkylation sites (tertiary alicyclic amines) is 1. The van der Waals surface area contributed by atoms with Crippen molar-refractivity contribution in [3.8, 4) is 11.3 Å². The summed E-state index contributed by atoms with van der Waals surface area (Å²) in [6.45, 7) is 1.16. The highest BCUT2D eigenvalue weighted by Crippen LogP contribution is 2.36. The predicted octanol–water partition coefficient (Wildman–Crippen LogP) is 4.63. The summed E-state index contributed by atoms with van der Waals surface area (Å²) >= 11 is 6.50. The van der Waals surface area contributed by atoms with Gasteiger partial charge in [0.1, 0.15) is 33.8 Å². The van der Waals surface area contributed by atoms with E-state index >= 15 is 0 Å². The molecule has 1 aliphatic heterocycles. The molecule has 0 aliphatic carbocycles. The number of alkyl halides is 3. The van der Waals surface area contributed by atoms with Gasteiger partial charge in [0.2, 0.25) is 6.41 Å². The van der Waals surface area contributed by atoms with E-state index in [1.807, 2.05) is 0 Å². The molecule has 1 saturated heterocycles. The molecule has 13 heteroatoms. The van der Waals surface area contributed by atoms with Crippen LogP contribution < -0.4 is 11.1 Å². The van der Waals surface area contributed by atoms with Crippen LogP contribution in [0.4, 0.5) is 24.8 Å². The summed E-state index contributed by atoms with van der Waals surface area (Å²) in [6.07, 6.45) is 0.306. The molecular formula is C25H21ClF3N7O2. The van der Waals surface area contributed by atoms with Gasteiger partial charge in [0.25, 0.3) is 5.91 Å². The average molecular weight is 544 g/mol. The molecule has 38 heavy (non-hydrogen) atoms. The van der Waals surface area contributed by atoms with Crippen molar-refractivity contribution in [3.63, 3.8) is 0 Å². The first-order valence-electron chi connectivity index (χ1n) is 11.6. The van der Waals surface area contributed by atoms with Crippen LogP contribution >= 0.6 is 11.6 Å². The van der Waals surface area contributed by atoms with Gasteiger partial charge in [-0.3, -0.25) is 14.0 Å². The number of nitrogens with zero attached hydrogens (tertiary/aromatic N) is 5. The number of halogens is 4. The number of hydrogen-bond donors (Lipinski definition) is 2. The van der Waals surface area contributed by atoms with Crippen LogP contribution in [-0.2, 0) is 11.0 Å². The van der Waals surface area contributed by atoms with Crippen LogP contribution in [0.25, 0.3) is 16.8 Å². The Labute approximate surface area is 219 Å². The Balaban J connectivity index is 1.46. The average Bonchev–Trinajstić information content (AvgIpc) is 3.33. The third-order valence-corrected chi connectivity index (χ3v) is 6.65. The molecule has 3 N–H and O–H groups in total. The van der Waals surface area contributed by atoms with Gasteiger partial charge in [-0.15, -0.1) is 0 Å². The largest absolute Gasteiger partial charge is 0.416 e. The maximum Gasteiger partial charge on any atom is 0.416 e. The Kier molecular flexibility index (Phi) is 6.66. The lowest BCUT2D eigenvalue weighted by molar-refractivity contribution is -0.137. The molecular weight excluding hydrogens is 523 g/mol. The number of fused-ring (bicyclic) bond motifs is 1. The van der Waals surface area contributed by atoms with Gasteiger partial charge in [0, 0.05) is 36.3 Å². The first-order chi connectivity index (χ1) is 18.2. The molecule has 196 valence electrons. The summed E-state index contributed by atoms with van der Waals surface area (Å²) in [4.78, 5) is 38.5.